The number of nitrogens with zero attached hydrogens (tertiary/aromatic N) is 1. The summed E-state index contributed by atoms with van der Waals surface area (Å²) in [5, 5.41) is 11.0. The monoisotopic (exact) mass is 395 g/mol. The molecule has 2 aromatic rings. The van der Waals surface area contributed by atoms with Gasteiger partial charge in [0.25, 0.3) is 0 Å². The Bertz CT molecular complexity index is 767. The Kier molecular flexibility index (Phi) is 4.60. The highest BCUT2D eigenvalue weighted by molar-refractivity contribution is 9.09. The molecular formula is C17H18BrNO3S. The minimum atomic E-state index is -3.54. The average Bonchev–Trinajstić information content (AvgIpc) is 2.59. The summed E-state index contributed by atoms with van der Waals surface area (Å²) in [6.07, 6.45) is 0.346. The summed E-state index contributed by atoms with van der Waals surface area (Å²) in [6.45, 7) is 0.507. The Morgan fingerprint density at radius 2 is 1.61 bits per heavy atom. The molecule has 4 nitrogen and oxygen atoms in total. The Morgan fingerprint density at radius 3 is 2.17 bits per heavy atom. The maximum Gasteiger partial charge on any atom is 0.243 e. The Labute approximate surface area is 144 Å². The zero-order valence-electron chi connectivity index (χ0n) is 12.5. The van der Waals surface area contributed by atoms with Crippen LogP contribution in [0.5, 0.6) is 0 Å². The zero-order valence-corrected chi connectivity index (χ0v) is 14.9. The van der Waals surface area contributed by atoms with Gasteiger partial charge < -0.3 is 5.11 Å². The van der Waals surface area contributed by atoms with Crippen molar-refractivity contribution in [2.75, 3.05) is 13.1 Å². The van der Waals surface area contributed by atoms with Crippen molar-refractivity contribution in [3.05, 3.63) is 66.2 Å². The van der Waals surface area contributed by atoms with Gasteiger partial charge in [-0.25, -0.2) is 8.42 Å². The van der Waals surface area contributed by atoms with Gasteiger partial charge in [0.1, 0.15) is 5.60 Å². The SMILES string of the molecule is O=S(=O)(c1ccccc1)N1CC[C@@](O)(c2ccccc2)[C@@H](Br)C1. The normalized spacial score (nSPS) is 26.1. The first kappa shape index (κ1) is 16.6. The van der Waals surface area contributed by atoms with Crippen LogP contribution in [-0.4, -0.2) is 35.7 Å². The molecule has 0 spiro atoms. The molecule has 0 aromatic heterocycles. The van der Waals surface area contributed by atoms with Crippen LogP contribution >= 0.6 is 15.9 Å². The third-order valence-corrected chi connectivity index (χ3v) is 7.21. The number of piperidine rings is 1. The molecule has 0 bridgehead atoms. The fraction of sp³-hybridized carbons (Fsp3) is 0.294. The molecule has 2 atom stereocenters. The predicted molar refractivity (Wildman–Crippen MR) is 92.9 cm³/mol. The molecular weight excluding hydrogens is 378 g/mol. The lowest BCUT2D eigenvalue weighted by molar-refractivity contribution is -0.000766. The molecule has 1 saturated heterocycles. The van der Waals surface area contributed by atoms with Gasteiger partial charge in [0, 0.05) is 13.1 Å². The minimum absolute atomic E-state index is 0.225. The van der Waals surface area contributed by atoms with E-state index in [1.54, 1.807) is 30.3 Å². The summed E-state index contributed by atoms with van der Waals surface area (Å²) in [5.74, 6) is 0. The first-order chi connectivity index (χ1) is 10.9. The second-order valence-electron chi connectivity index (χ2n) is 5.68. The van der Waals surface area contributed by atoms with Crippen LogP contribution in [-0.2, 0) is 15.6 Å². The quantitative estimate of drug-likeness (QED) is 0.812. The maximum absolute atomic E-state index is 12.7. The van der Waals surface area contributed by atoms with Crippen molar-refractivity contribution in [2.45, 2.75) is 21.7 Å². The highest BCUT2D eigenvalue weighted by atomic mass is 79.9. The van der Waals surface area contributed by atoms with E-state index in [-0.39, 0.29) is 22.8 Å². The van der Waals surface area contributed by atoms with Gasteiger partial charge in [-0.15, -0.1) is 0 Å². The Hall–Kier alpha value is -1.21. The van der Waals surface area contributed by atoms with Gasteiger partial charge in [0.05, 0.1) is 9.72 Å². The van der Waals surface area contributed by atoms with Gasteiger partial charge in [-0.3, -0.25) is 0 Å². The van der Waals surface area contributed by atoms with E-state index >= 15 is 0 Å². The van der Waals surface area contributed by atoms with Gasteiger partial charge in [0.2, 0.25) is 10.0 Å². The van der Waals surface area contributed by atoms with E-state index in [1.807, 2.05) is 30.3 Å². The fourth-order valence-corrected chi connectivity index (χ4v) is 5.40. The molecule has 1 heterocycles. The van der Waals surface area contributed by atoms with Crippen LogP contribution in [0.4, 0.5) is 0 Å². The molecule has 6 heteroatoms. The maximum atomic E-state index is 12.7. The van der Waals surface area contributed by atoms with E-state index in [9.17, 15) is 13.5 Å². The van der Waals surface area contributed by atoms with Gasteiger partial charge >= 0.3 is 0 Å². The van der Waals surface area contributed by atoms with Crippen molar-refractivity contribution in [3.63, 3.8) is 0 Å². The number of sulfonamides is 1. The molecule has 0 amide bonds. The first-order valence-corrected chi connectivity index (χ1v) is 9.77. The van der Waals surface area contributed by atoms with Gasteiger partial charge in [-0.1, -0.05) is 64.5 Å². The van der Waals surface area contributed by atoms with Crippen LogP contribution in [0.3, 0.4) is 0 Å². The first-order valence-electron chi connectivity index (χ1n) is 7.42. The largest absolute Gasteiger partial charge is 0.384 e. The lowest BCUT2D eigenvalue weighted by atomic mass is 9.85. The third kappa shape index (κ3) is 3.08. The number of hydrogen-bond acceptors (Lipinski definition) is 3. The standard InChI is InChI=1S/C17H18BrNO3S/c18-16-13-19(23(21,22)15-9-5-2-6-10-15)12-11-17(16,20)14-7-3-1-4-8-14/h1-10,16,20H,11-13H2/t16-,17+/m0/s1. The molecule has 0 aliphatic carbocycles. The van der Waals surface area contributed by atoms with E-state index in [0.717, 1.165) is 5.56 Å². The molecule has 1 N–H and O–H groups in total. The minimum Gasteiger partial charge on any atom is -0.384 e. The van der Waals surface area contributed by atoms with Crippen molar-refractivity contribution in [1.82, 2.24) is 4.31 Å². The smallest absolute Gasteiger partial charge is 0.243 e. The highest BCUT2D eigenvalue weighted by Gasteiger charge is 2.44. The Morgan fingerprint density at radius 1 is 1.04 bits per heavy atom. The van der Waals surface area contributed by atoms with Crippen molar-refractivity contribution >= 4 is 26.0 Å². The van der Waals surface area contributed by atoms with Crippen LogP contribution in [0.1, 0.15) is 12.0 Å². The molecule has 0 unspecified atom stereocenters. The molecule has 3 rings (SSSR count). The summed E-state index contributed by atoms with van der Waals surface area (Å²) in [5.41, 5.74) is -0.261. The van der Waals surface area contributed by atoms with Crippen LogP contribution in [0.25, 0.3) is 0 Å². The lowest BCUT2D eigenvalue weighted by Gasteiger charge is -2.41. The van der Waals surface area contributed by atoms with E-state index in [1.165, 1.54) is 4.31 Å². The van der Waals surface area contributed by atoms with E-state index in [2.05, 4.69) is 15.9 Å². The summed E-state index contributed by atoms with van der Waals surface area (Å²) in [7, 11) is -3.54. The summed E-state index contributed by atoms with van der Waals surface area (Å²) in [6, 6.07) is 17.8. The number of aliphatic hydroxyl groups is 1. The number of benzene rings is 2. The molecule has 2 aromatic carbocycles. The number of rotatable bonds is 3. The second kappa shape index (κ2) is 6.36. The molecule has 1 aliphatic rings. The van der Waals surface area contributed by atoms with Gasteiger partial charge in [-0.05, 0) is 24.1 Å². The van der Waals surface area contributed by atoms with Gasteiger partial charge in [0.15, 0.2) is 0 Å². The number of halogens is 1. The van der Waals surface area contributed by atoms with Crippen LogP contribution in [0.15, 0.2) is 65.6 Å². The van der Waals surface area contributed by atoms with Crippen LogP contribution in [0.2, 0.25) is 0 Å². The highest BCUT2D eigenvalue weighted by Crippen LogP contribution is 2.38. The molecule has 1 aliphatic heterocycles. The lowest BCUT2D eigenvalue weighted by Crippen LogP contribution is -2.52. The second-order valence-corrected chi connectivity index (χ2v) is 8.73. The fourth-order valence-electron chi connectivity index (χ4n) is 2.88. The van der Waals surface area contributed by atoms with E-state index < -0.39 is 15.6 Å². The summed E-state index contributed by atoms with van der Waals surface area (Å²) >= 11 is 3.50. The number of hydrogen-bond donors (Lipinski definition) is 1. The molecule has 0 radical (unpaired) electrons. The Balaban J connectivity index is 1.84. The molecule has 0 saturated carbocycles. The summed E-state index contributed by atoms with van der Waals surface area (Å²) < 4.78 is 26.8. The van der Waals surface area contributed by atoms with Crippen LogP contribution < -0.4 is 0 Å². The predicted octanol–water partition coefficient (Wildman–Crippen LogP) is 2.73. The zero-order chi connectivity index (χ0) is 16.5. The molecule has 23 heavy (non-hydrogen) atoms. The molecule has 1 fully saturated rings. The van der Waals surface area contributed by atoms with Gasteiger partial charge in [-0.2, -0.15) is 4.31 Å². The number of alkyl halides is 1. The average molecular weight is 396 g/mol. The van der Waals surface area contributed by atoms with Crippen LogP contribution in [0, 0.1) is 0 Å². The van der Waals surface area contributed by atoms with Crippen molar-refractivity contribution in [1.29, 1.82) is 0 Å². The summed E-state index contributed by atoms with van der Waals surface area (Å²) in [4.78, 5) is -0.0884. The van der Waals surface area contributed by atoms with E-state index in [4.69, 9.17) is 0 Å². The topological polar surface area (TPSA) is 57.6 Å². The van der Waals surface area contributed by atoms with Crippen molar-refractivity contribution in [2.24, 2.45) is 0 Å². The third-order valence-electron chi connectivity index (χ3n) is 4.28. The van der Waals surface area contributed by atoms with Crippen molar-refractivity contribution < 1.29 is 13.5 Å². The van der Waals surface area contributed by atoms with Crippen molar-refractivity contribution in [3.8, 4) is 0 Å². The molecule has 122 valence electrons. The van der Waals surface area contributed by atoms with E-state index in [0.29, 0.717) is 6.42 Å².